The first-order valence-electron chi connectivity index (χ1n) is 10.7. The van der Waals surface area contributed by atoms with Crippen LogP contribution in [0.5, 0.6) is 0 Å². The highest BCUT2D eigenvalue weighted by Crippen LogP contribution is 2.25. The van der Waals surface area contributed by atoms with Crippen LogP contribution in [-0.2, 0) is 0 Å². The maximum atomic E-state index is 14.4. The largest absolute Gasteiger partial charge is 0.345 e. The van der Waals surface area contributed by atoms with Crippen molar-refractivity contribution in [2.75, 3.05) is 0 Å². The van der Waals surface area contributed by atoms with Gasteiger partial charge in [-0.15, -0.1) is 0 Å². The number of carbonyl (C=O) groups is 1. The van der Waals surface area contributed by atoms with Crippen molar-refractivity contribution in [1.82, 2.24) is 25.1 Å². The summed E-state index contributed by atoms with van der Waals surface area (Å²) in [4.78, 5) is 33.3. The minimum atomic E-state index is -0.659. The van der Waals surface area contributed by atoms with E-state index in [0.717, 1.165) is 22.2 Å². The van der Waals surface area contributed by atoms with Crippen LogP contribution in [0.3, 0.4) is 0 Å². The van der Waals surface area contributed by atoms with Crippen molar-refractivity contribution in [2.24, 2.45) is 0 Å². The van der Waals surface area contributed by atoms with Gasteiger partial charge in [0.1, 0.15) is 11.5 Å². The molecule has 0 aliphatic heterocycles. The van der Waals surface area contributed by atoms with E-state index < -0.39 is 23.2 Å². The standard InChI is InChI=1S/C26H20FN5O2/c1-16-13-23(33)25(31-32(16)22-10-6-5-9-19(22)27)26(34)30-24(17-7-3-2-4-8-17)18-11-12-20-21(14-18)29-15-28-20/h2-15,24H,1H3,(H,28,29)(H,30,34). The van der Waals surface area contributed by atoms with Gasteiger partial charge in [-0.3, -0.25) is 9.59 Å². The summed E-state index contributed by atoms with van der Waals surface area (Å²) in [6, 6.07) is 21.8. The van der Waals surface area contributed by atoms with Crippen LogP contribution >= 0.6 is 0 Å². The maximum Gasteiger partial charge on any atom is 0.276 e. The number of hydrogen-bond acceptors (Lipinski definition) is 4. The highest BCUT2D eigenvalue weighted by molar-refractivity contribution is 5.92. The van der Waals surface area contributed by atoms with E-state index in [0.29, 0.717) is 5.69 Å². The van der Waals surface area contributed by atoms with Crippen LogP contribution in [0.25, 0.3) is 16.7 Å². The van der Waals surface area contributed by atoms with Gasteiger partial charge >= 0.3 is 0 Å². The normalized spacial score (nSPS) is 11.9. The molecule has 5 rings (SSSR count). The first kappa shape index (κ1) is 21.3. The lowest BCUT2D eigenvalue weighted by atomic mass is 9.98. The summed E-state index contributed by atoms with van der Waals surface area (Å²) in [6.07, 6.45) is 1.60. The number of aromatic nitrogens is 4. The van der Waals surface area contributed by atoms with Crippen LogP contribution < -0.4 is 10.7 Å². The average molecular weight is 453 g/mol. The average Bonchev–Trinajstić information content (AvgIpc) is 3.32. The summed E-state index contributed by atoms with van der Waals surface area (Å²) >= 11 is 0. The monoisotopic (exact) mass is 453 g/mol. The van der Waals surface area contributed by atoms with Gasteiger partial charge in [-0.25, -0.2) is 14.1 Å². The van der Waals surface area contributed by atoms with Crippen LogP contribution in [0.1, 0.15) is 33.4 Å². The van der Waals surface area contributed by atoms with E-state index in [-0.39, 0.29) is 11.4 Å². The number of halogens is 1. The number of nitrogens with one attached hydrogen (secondary N) is 2. The molecule has 0 bridgehead atoms. The number of aryl methyl sites for hydroxylation is 1. The van der Waals surface area contributed by atoms with Crippen molar-refractivity contribution in [3.63, 3.8) is 0 Å². The molecule has 0 spiro atoms. The lowest BCUT2D eigenvalue weighted by molar-refractivity contribution is 0.0935. The predicted octanol–water partition coefficient (Wildman–Crippen LogP) is 4.08. The van der Waals surface area contributed by atoms with E-state index in [1.807, 2.05) is 48.5 Å². The Labute approximate surface area is 193 Å². The number of H-pyrrole nitrogens is 1. The molecule has 5 aromatic rings. The number of benzene rings is 3. The zero-order chi connectivity index (χ0) is 23.7. The first-order chi connectivity index (χ1) is 16.5. The Bertz CT molecular complexity index is 1560. The summed E-state index contributed by atoms with van der Waals surface area (Å²) in [5, 5.41) is 7.15. The van der Waals surface area contributed by atoms with Gasteiger partial charge in [-0.1, -0.05) is 48.5 Å². The zero-order valence-electron chi connectivity index (χ0n) is 18.2. The second kappa shape index (κ2) is 8.74. The van der Waals surface area contributed by atoms with Gasteiger partial charge in [0.25, 0.3) is 5.91 Å². The van der Waals surface area contributed by atoms with Gasteiger partial charge in [0.05, 0.1) is 23.4 Å². The van der Waals surface area contributed by atoms with E-state index in [1.165, 1.54) is 22.9 Å². The third kappa shape index (κ3) is 3.97. The number of aromatic amines is 1. The smallest absolute Gasteiger partial charge is 0.276 e. The SMILES string of the molecule is Cc1cc(=O)c(C(=O)NC(c2ccccc2)c2ccc3nc[nH]c3c2)nn1-c1ccccc1F. The van der Waals surface area contributed by atoms with Gasteiger partial charge in [-0.2, -0.15) is 5.10 Å². The van der Waals surface area contributed by atoms with Crippen molar-refractivity contribution < 1.29 is 9.18 Å². The molecule has 3 aromatic carbocycles. The molecule has 34 heavy (non-hydrogen) atoms. The predicted molar refractivity (Wildman–Crippen MR) is 126 cm³/mol. The zero-order valence-corrected chi connectivity index (χ0v) is 18.2. The molecule has 2 N–H and O–H groups in total. The van der Waals surface area contributed by atoms with Crippen molar-refractivity contribution in [3.8, 4) is 5.69 Å². The minimum absolute atomic E-state index is 0.151. The third-order valence-electron chi connectivity index (χ3n) is 5.59. The molecule has 0 fully saturated rings. The number of carbonyl (C=O) groups excluding carboxylic acids is 1. The third-order valence-corrected chi connectivity index (χ3v) is 5.59. The number of rotatable bonds is 5. The molecule has 0 saturated carbocycles. The number of imidazole rings is 1. The second-order valence-electron chi connectivity index (χ2n) is 7.86. The number of nitrogens with zero attached hydrogens (tertiary/aromatic N) is 3. The molecule has 1 atom stereocenters. The van der Waals surface area contributed by atoms with E-state index in [1.54, 1.807) is 25.4 Å². The molecule has 1 amide bonds. The van der Waals surface area contributed by atoms with Gasteiger partial charge < -0.3 is 10.3 Å². The Balaban J connectivity index is 1.56. The number of fused-ring (bicyclic) bond motifs is 1. The van der Waals surface area contributed by atoms with E-state index in [4.69, 9.17) is 0 Å². The Morgan fingerprint density at radius 2 is 1.76 bits per heavy atom. The highest BCUT2D eigenvalue weighted by atomic mass is 19.1. The minimum Gasteiger partial charge on any atom is -0.345 e. The van der Waals surface area contributed by atoms with Crippen molar-refractivity contribution in [3.05, 3.63) is 124 Å². The van der Waals surface area contributed by atoms with E-state index in [9.17, 15) is 14.0 Å². The summed E-state index contributed by atoms with van der Waals surface area (Å²) in [6.45, 7) is 1.63. The quantitative estimate of drug-likeness (QED) is 0.420. The van der Waals surface area contributed by atoms with Crippen LogP contribution in [0, 0.1) is 12.7 Å². The molecule has 7 nitrogen and oxygen atoms in total. The number of hydrogen-bond donors (Lipinski definition) is 2. The molecule has 2 aromatic heterocycles. The van der Waals surface area contributed by atoms with Crippen LogP contribution in [0.4, 0.5) is 4.39 Å². The molecule has 0 aliphatic rings. The molecule has 0 saturated heterocycles. The second-order valence-corrected chi connectivity index (χ2v) is 7.86. The van der Waals surface area contributed by atoms with E-state index in [2.05, 4.69) is 20.4 Å². The Kier molecular flexibility index (Phi) is 5.47. The summed E-state index contributed by atoms with van der Waals surface area (Å²) in [7, 11) is 0. The maximum absolute atomic E-state index is 14.4. The van der Waals surface area contributed by atoms with Crippen LogP contribution in [-0.4, -0.2) is 25.7 Å². The highest BCUT2D eigenvalue weighted by Gasteiger charge is 2.22. The van der Waals surface area contributed by atoms with Gasteiger partial charge in [0, 0.05) is 11.8 Å². The Morgan fingerprint density at radius 3 is 2.56 bits per heavy atom. The fraction of sp³-hybridized carbons (Fsp3) is 0.0769. The number of para-hydroxylation sites is 1. The van der Waals surface area contributed by atoms with Crippen LogP contribution in [0.15, 0.2) is 90.0 Å². The molecule has 1 unspecified atom stereocenters. The van der Waals surface area contributed by atoms with Gasteiger partial charge in [0.2, 0.25) is 5.43 Å². The fourth-order valence-electron chi connectivity index (χ4n) is 3.91. The van der Waals surface area contributed by atoms with Crippen LogP contribution in [0.2, 0.25) is 0 Å². The Hall–Kier alpha value is -4.59. The molecular weight excluding hydrogens is 433 g/mol. The number of amides is 1. The molecule has 0 radical (unpaired) electrons. The summed E-state index contributed by atoms with van der Waals surface area (Å²) < 4.78 is 15.7. The molecule has 0 aliphatic carbocycles. The topological polar surface area (TPSA) is 92.7 Å². The fourth-order valence-corrected chi connectivity index (χ4v) is 3.91. The van der Waals surface area contributed by atoms with Gasteiger partial charge in [-0.05, 0) is 42.3 Å². The molecule has 168 valence electrons. The lowest BCUT2D eigenvalue weighted by Crippen LogP contribution is -2.35. The lowest BCUT2D eigenvalue weighted by Gasteiger charge is -2.20. The summed E-state index contributed by atoms with van der Waals surface area (Å²) in [5.74, 6) is -1.17. The molecule has 8 heteroatoms. The van der Waals surface area contributed by atoms with Crippen molar-refractivity contribution >= 4 is 16.9 Å². The summed E-state index contributed by atoms with van der Waals surface area (Å²) in [5.41, 5.74) is 2.96. The van der Waals surface area contributed by atoms with E-state index >= 15 is 0 Å². The van der Waals surface area contributed by atoms with Crippen molar-refractivity contribution in [2.45, 2.75) is 13.0 Å². The molecular formula is C26H20FN5O2. The Morgan fingerprint density at radius 1 is 1.00 bits per heavy atom. The first-order valence-corrected chi connectivity index (χ1v) is 10.7. The van der Waals surface area contributed by atoms with Gasteiger partial charge in [0.15, 0.2) is 5.69 Å². The van der Waals surface area contributed by atoms with Crippen molar-refractivity contribution in [1.29, 1.82) is 0 Å². The molecule has 2 heterocycles.